The molecule has 15 heavy (non-hydrogen) atoms. The van der Waals surface area contributed by atoms with E-state index >= 15 is 0 Å². The number of aromatic nitrogens is 1. The van der Waals surface area contributed by atoms with Crippen molar-refractivity contribution in [2.24, 2.45) is 5.73 Å². The molecule has 2 nitrogen and oxygen atoms in total. The SMILES string of the molecule is Cl.N[C@H](CCC(F)(F)F)c1ccccn1. The number of hydrogen-bond acceptors (Lipinski definition) is 2. The molecule has 86 valence electrons. The van der Waals surface area contributed by atoms with Crippen molar-refractivity contribution in [1.82, 2.24) is 4.98 Å². The maximum absolute atomic E-state index is 11.9. The molecule has 0 spiro atoms. The Labute approximate surface area is 92.1 Å². The summed E-state index contributed by atoms with van der Waals surface area (Å²) in [4.78, 5) is 3.89. The molecule has 0 aromatic carbocycles. The second-order valence-electron chi connectivity index (χ2n) is 3.01. The summed E-state index contributed by atoms with van der Waals surface area (Å²) >= 11 is 0. The van der Waals surface area contributed by atoms with E-state index in [2.05, 4.69) is 4.98 Å². The minimum Gasteiger partial charge on any atom is -0.323 e. The standard InChI is InChI=1S/C9H11F3N2.ClH/c10-9(11,12)5-4-7(13)8-3-1-2-6-14-8;/h1-3,6-7H,4-5,13H2;1H/t7-;/m1./s1. The minimum atomic E-state index is -4.15. The van der Waals surface area contributed by atoms with Crippen LogP contribution in [-0.4, -0.2) is 11.2 Å². The predicted molar refractivity (Wildman–Crippen MR) is 53.7 cm³/mol. The van der Waals surface area contributed by atoms with Crippen molar-refractivity contribution >= 4 is 12.4 Å². The number of rotatable bonds is 3. The molecule has 1 aromatic rings. The van der Waals surface area contributed by atoms with Crippen LogP contribution < -0.4 is 5.73 Å². The Morgan fingerprint density at radius 1 is 1.33 bits per heavy atom. The van der Waals surface area contributed by atoms with E-state index in [1.54, 1.807) is 18.2 Å². The lowest BCUT2D eigenvalue weighted by Gasteiger charge is -2.12. The van der Waals surface area contributed by atoms with E-state index in [1.165, 1.54) is 6.20 Å². The van der Waals surface area contributed by atoms with Crippen LogP contribution in [0.2, 0.25) is 0 Å². The molecule has 6 heteroatoms. The smallest absolute Gasteiger partial charge is 0.323 e. The number of nitrogens with two attached hydrogens (primary N) is 1. The first kappa shape index (κ1) is 14.2. The average Bonchev–Trinajstić information content (AvgIpc) is 2.14. The average molecular weight is 241 g/mol. The largest absolute Gasteiger partial charge is 0.389 e. The first-order valence-electron chi connectivity index (χ1n) is 4.22. The molecule has 0 bridgehead atoms. The van der Waals surface area contributed by atoms with Crippen LogP contribution in [0.3, 0.4) is 0 Å². The minimum absolute atomic E-state index is 0. The van der Waals surface area contributed by atoms with Gasteiger partial charge >= 0.3 is 6.18 Å². The Kier molecular flexibility index (Phi) is 5.60. The van der Waals surface area contributed by atoms with Gasteiger partial charge in [-0.3, -0.25) is 4.98 Å². The van der Waals surface area contributed by atoms with E-state index in [0.29, 0.717) is 5.69 Å². The number of alkyl halides is 3. The van der Waals surface area contributed by atoms with Crippen molar-refractivity contribution in [3.63, 3.8) is 0 Å². The summed E-state index contributed by atoms with van der Waals surface area (Å²) in [5, 5.41) is 0. The second kappa shape index (κ2) is 5.92. The molecule has 1 rings (SSSR count). The molecule has 1 aromatic heterocycles. The topological polar surface area (TPSA) is 38.9 Å². The first-order chi connectivity index (χ1) is 6.49. The van der Waals surface area contributed by atoms with Crippen LogP contribution in [0, 0.1) is 0 Å². The van der Waals surface area contributed by atoms with Crippen LogP contribution in [0.25, 0.3) is 0 Å². The molecule has 0 fully saturated rings. The van der Waals surface area contributed by atoms with Gasteiger partial charge in [0.15, 0.2) is 0 Å². The van der Waals surface area contributed by atoms with E-state index in [0.717, 1.165) is 0 Å². The van der Waals surface area contributed by atoms with E-state index in [9.17, 15) is 13.2 Å². The summed E-state index contributed by atoms with van der Waals surface area (Å²) in [5.74, 6) is 0. The Morgan fingerprint density at radius 2 is 2.00 bits per heavy atom. The number of nitrogens with zero attached hydrogens (tertiary/aromatic N) is 1. The maximum atomic E-state index is 11.9. The zero-order chi connectivity index (χ0) is 10.6. The van der Waals surface area contributed by atoms with E-state index in [1.807, 2.05) is 0 Å². The predicted octanol–water partition coefficient (Wildman–Crippen LogP) is 2.85. The molecule has 1 heterocycles. The van der Waals surface area contributed by atoms with Gasteiger partial charge in [0.25, 0.3) is 0 Å². The maximum Gasteiger partial charge on any atom is 0.389 e. The summed E-state index contributed by atoms with van der Waals surface area (Å²) < 4.78 is 35.6. The number of hydrogen-bond donors (Lipinski definition) is 1. The molecule has 0 aliphatic carbocycles. The van der Waals surface area contributed by atoms with Gasteiger partial charge in [0, 0.05) is 18.7 Å². The highest BCUT2D eigenvalue weighted by atomic mass is 35.5. The molecule has 0 aliphatic heterocycles. The van der Waals surface area contributed by atoms with Crippen molar-refractivity contribution in [2.45, 2.75) is 25.1 Å². The molecule has 0 radical (unpaired) electrons. The van der Waals surface area contributed by atoms with Crippen molar-refractivity contribution in [3.8, 4) is 0 Å². The monoisotopic (exact) mass is 240 g/mol. The summed E-state index contributed by atoms with van der Waals surface area (Å²) in [5.41, 5.74) is 6.04. The third-order valence-electron chi connectivity index (χ3n) is 1.81. The quantitative estimate of drug-likeness (QED) is 0.882. The van der Waals surface area contributed by atoms with Gasteiger partial charge in [0.05, 0.1) is 5.69 Å². The van der Waals surface area contributed by atoms with Crippen LogP contribution in [-0.2, 0) is 0 Å². The van der Waals surface area contributed by atoms with Gasteiger partial charge in [-0.1, -0.05) is 6.07 Å². The van der Waals surface area contributed by atoms with E-state index < -0.39 is 18.6 Å². The van der Waals surface area contributed by atoms with Gasteiger partial charge in [-0.2, -0.15) is 13.2 Å². The lowest BCUT2D eigenvalue weighted by molar-refractivity contribution is -0.136. The van der Waals surface area contributed by atoms with Crippen LogP contribution in [0.4, 0.5) is 13.2 Å². The van der Waals surface area contributed by atoms with E-state index in [4.69, 9.17) is 5.73 Å². The fraction of sp³-hybridized carbons (Fsp3) is 0.444. The molecule has 0 unspecified atom stereocenters. The molecule has 0 saturated heterocycles. The van der Waals surface area contributed by atoms with Crippen LogP contribution in [0.5, 0.6) is 0 Å². The summed E-state index contributed by atoms with van der Waals surface area (Å²) in [7, 11) is 0. The normalized spacial score (nSPS) is 13.1. The Bertz CT molecular complexity index is 276. The lowest BCUT2D eigenvalue weighted by atomic mass is 10.1. The zero-order valence-corrected chi connectivity index (χ0v) is 8.68. The molecule has 2 N–H and O–H groups in total. The van der Waals surface area contributed by atoms with Crippen molar-refractivity contribution in [3.05, 3.63) is 30.1 Å². The second-order valence-corrected chi connectivity index (χ2v) is 3.01. The molecule has 0 aliphatic rings. The van der Waals surface area contributed by atoms with E-state index in [-0.39, 0.29) is 18.8 Å². The van der Waals surface area contributed by atoms with Gasteiger partial charge in [-0.25, -0.2) is 0 Å². The van der Waals surface area contributed by atoms with Crippen LogP contribution in [0.1, 0.15) is 24.6 Å². The van der Waals surface area contributed by atoms with Gasteiger partial charge in [-0.15, -0.1) is 12.4 Å². The lowest BCUT2D eigenvalue weighted by Crippen LogP contribution is -2.16. The van der Waals surface area contributed by atoms with Gasteiger partial charge in [-0.05, 0) is 18.6 Å². The van der Waals surface area contributed by atoms with Crippen molar-refractivity contribution in [2.75, 3.05) is 0 Å². The molecular weight excluding hydrogens is 229 g/mol. The molecule has 1 atom stereocenters. The molecule has 0 amide bonds. The van der Waals surface area contributed by atoms with Crippen molar-refractivity contribution < 1.29 is 13.2 Å². The van der Waals surface area contributed by atoms with Crippen LogP contribution >= 0.6 is 12.4 Å². The summed E-state index contributed by atoms with van der Waals surface area (Å²) in [6.45, 7) is 0. The molecular formula is C9H12ClF3N2. The summed E-state index contributed by atoms with van der Waals surface area (Å²) in [6, 6.07) is 4.38. The van der Waals surface area contributed by atoms with Crippen LogP contribution in [0.15, 0.2) is 24.4 Å². The van der Waals surface area contributed by atoms with Gasteiger partial charge in [0.2, 0.25) is 0 Å². The third-order valence-corrected chi connectivity index (χ3v) is 1.81. The Morgan fingerprint density at radius 3 is 2.47 bits per heavy atom. The highest BCUT2D eigenvalue weighted by Crippen LogP contribution is 2.25. The first-order valence-corrected chi connectivity index (χ1v) is 4.22. The van der Waals surface area contributed by atoms with Gasteiger partial charge < -0.3 is 5.73 Å². The third kappa shape index (κ3) is 5.59. The Hall–Kier alpha value is -0.810. The fourth-order valence-electron chi connectivity index (χ4n) is 1.06. The van der Waals surface area contributed by atoms with Gasteiger partial charge in [0.1, 0.15) is 0 Å². The highest BCUT2D eigenvalue weighted by Gasteiger charge is 2.27. The number of halogens is 4. The van der Waals surface area contributed by atoms with Crippen molar-refractivity contribution in [1.29, 1.82) is 0 Å². The molecule has 0 saturated carbocycles. The fourth-order valence-corrected chi connectivity index (χ4v) is 1.06. The number of pyridine rings is 1. The highest BCUT2D eigenvalue weighted by molar-refractivity contribution is 5.85. The summed E-state index contributed by atoms with van der Waals surface area (Å²) in [6.07, 6.45) is -3.62. The Balaban J connectivity index is 0.00000196. The zero-order valence-electron chi connectivity index (χ0n) is 7.87.